The molecule has 166 valence electrons. The first-order valence-corrected chi connectivity index (χ1v) is 10.1. The van der Waals surface area contributed by atoms with Gasteiger partial charge in [0, 0.05) is 34.7 Å². The van der Waals surface area contributed by atoms with Gasteiger partial charge in [-0.05, 0) is 30.3 Å². The van der Waals surface area contributed by atoms with Gasteiger partial charge >= 0.3 is 5.76 Å². The Morgan fingerprint density at radius 3 is 2.48 bits per heavy atom. The van der Waals surface area contributed by atoms with Gasteiger partial charge in [0.2, 0.25) is 0 Å². The zero-order valence-electron chi connectivity index (χ0n) is 17.9. The largest absolute Gasteiger partial charge is 0.467 e. The molecule has 0 fully saturated rings. The van der Waals surface area contributed by atoms with Gasteiger partial charge in [0.1, 0.15) is 17.3 Å². The van der Waals surface area contributed by atoms with Crippen molar-refractivity contribution in [1.29, 1.82) is 0 Å². The third-order valence-corrected chi connectivity index (χ3v) is 4.81. The van der Waals surface area contributed by atoms with Gasteiger partial charge in [0.15, 0.2) is 6.79 Å². The Balaban J connectivity index is 2.05. The van der Waals surface area contributed by atoms with Crippen molar-refractivity contribution in [2.45, 2.75) is 26.2 Å². The highest BCUT2D eigenvalue weighted by atomic mass is 35.5. The molecule has 31 heavy (non-hydrogen) atoms. The summed E-state index contributed by atoms with van der Waals surface area (Å²) in [7, 11) is 1.58. The Bertz CT molecular complexity index is 1100. The van der Waals surface area contributed by atoms with E-state index < -0.39 is 11.6 Å². The van der Waals surface area contributed by atoms with Crippen LogP contribution in [-0.2, 0) is 14.9 Å². The number of aromatic nitrogens is 1. The Kier molecular flexibility index (Phi) is 7.20. The van der Waals surface area contributed by atoms with Gasteiger partial charge in [-0.1, -0.05) is 32.4 Å². The Morgan fingerprint density at radius 2 is 1.84 bits per heavy atom. The predicted molar refractivity (Wildman–Crippen MR) is 117 cm³/mol. The molecule has 3 rings (SSSR count). The Labute approximate surface area is 185 Å². The monoisotopic (exact) mass is 449 g/mol. The summed E-state index contributed by atoms with van der Waals surface area (Å²) in [5.41, 5.74) is 0.831. The highest BCUT2D eigenvalue weighted by Gasteiger charge is 2.23. The molecule has 0 unspecified atom stereocenters. The van der Waals surface area contributed by atoms with Gasteiger partial charge in [0.05, 0.1) is 25.1 Å². The molecule has 8 heteroatoms. The summed E-state index contributed by atoms with van der Waals surface area (Å²) in [6, 6.07) is 9.40. The van der Waals surface area contributed by atoms with E-state index in [1.165, 1.54) is 10.6 Å². The van der Waals surface area contributed by atoms with Crippen LogP contribution in [0.25, 0.3) is 16.8 Å². The topological polar surface area (TPSA) is 62.8 Å². The van der Waals surface area contributed by atoms with Crippen molar-refractivity contribution in [2.75, 3.05) is 27.1 Å². The molecule has 0 bridgehead atoms. The fourth-order valence-corrected chi connectivity index (χ4v) is 3.06. The summed E-state index contributed by atoms with van der Waals surface area (Å²) in [6.45, 7) is 6.65. The van der Waals surface area contributed by atoms with E-state index in [0.29, 0.717) is 41.5 Å². The van der Waals surface area contributed by atoms with Gasteiger partial charge in [-0.15, -0.1) is 0 Å². The van der Waals surface area contributed by atoms with E-state index >= 15 is 0 Å². The zero-order valence-corrected chi connectivity index (χ0v) is 18.7. The second-order valence-electron chi connectivity index (χ2n) is 7.95. The number of methoxy groups -OCH3 is 1. The van der Waals surface area contributed by atoms with E-state index in [-0.39, 0.29) is 17.2 Å². The molecule has 0 aliphatic carbocycles. The van der Waals surface area contributed by atoms with Crippen molar-refractivity contribution >= 4 is 11.6 Å². The summed E-state index contributed by atoms with van der Waals surface area (Å²) in [6.07, 6.45) is 1.62. The van der Waals surface area contributed by atoms with Gasteiger partial charge in [-0.3, -0.25) is 0 Å². The van der Waals surface area contributed by atoms with E-state index in [2.05, 4.69) is 0 Å². The molecule has 0 atom stereocenters. The predicted octanol–water partition coefficient (Wildman–Crippen LogP) is 5.19. The van der Waals surface area contributed by atoms with Crippen LogP contribution in [0, 0.1) is 5.82 Å². The van der Waals surface area contributed by atoms with Crippen molar-refractivity contribution in [1.82, 2.24) is 4.57 Å². The van der Waals surface area contributed by atoms with Crippen molar-refractivity contribution in [3.8, 4) is 22.6 Å². The quantitative estimate of drug-likeness (QED) is 0.350. The van der Waals surface area contributed by atoms with E-state index in [4.69, 9.17) is 30.2 Å². The molecular weight excluding hydrogens is 425 g/mol. The molecule has 0 aliphatic rings. The van der Waals surface area contributed by atoms with Crippen molar-refractivity contribution in [3.05, 3.63) is 69.7 Å². The number of rotatable bonds is 8. The number of benzene rings is 2. The summed E-state index contributed by atoms with van der Waals surface area (Å²) < 4.78 is 37.4. The van der Waals surface area contributed by atoms with Crippen LogP contribution in [0.15, 0.2) is 51.8 Å². The Hall–Kier alpha value is -2.61. The minimum Gasteiger partial charge on any atom is -0.467 e. The molecule has 0 radical (unpaired) electrons. The molecule has 6 nitrogen and oxygen atoms in total. The van der Waals surface area contributed by atoms with Crippen LogP contribution in [0.2, 0.25) is 5.02 Å². The lowest BCUT2D eigenvalue weighted by Crippen LogP contribution is -2.13. The number of ether oxygens (including phenoxy) is 3. The normalized spacial score (nSPS) is 11.7. The summed E-state index contributed by atoms with van der Waals surface area (Å²) in [5.74, 6) is -0.114. The first-order chi connectivity index (χ1) is 14.7. The molecule has 0 saturated heterocycles. The number of hydrogen-bond acceptors (Lipinski definition) is 5. The van der Waals surface area contributed by atoms with Crippen LogP contribution in [0.5, 0.6) is 5.75 Å². The summed E-state index contributed by atoms with van der Waals surface area (Å²) in [5, 5.41) is 0.284. The maximum Gasteiger partial charge on any atom is 0.423 e. The minimum absolute atomic E-state index is 0.00494. The van der Waals surface area contributed by atoms with Crippen LogP contribution in [0.1, 0.15) is 26.5 Å². The zero-order chi connectivity index (χ0) is 22.6. The molecule has 0 amide bonds. The lowest BCUT2D eigenvalue weighted by atomic mass is 9.94. The third kappa shape index (κ3) is 5.55. The summed E-state index contributed by atoms with van der Waals surface area (Å²) in [4.78, 5) is 12.7. The smallest absolute Gasteiger partial charge is 0.423 e. The van der Waals surface area contributed by atoms with Gasteiger partial charge in [-0.25, -0.2) is 13.8 Å². The van der Waals surface area contributed by atoms with Crippen molar-refractivity contribution in [3.63, 3.8) is 0 Å². The number of nitrogens with zero attached hydrogens (tertiary/aromatic N) is 1. The lowest BCUT2D eigenvalue weighted by Gasteiger charge is -2.15. The second-order valence-corrected chi connectivity index (χ2v) is 8.38. The van der Waals surface area contributed by atoms with Gasteiger partial charge in [-0.2, -0.15) is 0 Å². The van der Waals surface area contributed by atoms with Crippen LogP contribution >= 0.6 is 11.6 Å². The van der Waals surface area contributed by atoms with Crippen molar-refractivity contribution in [2.24, 2.45) is 0 Å². The van der Waals surface area contributed by atoms with E-state index in [1.807, 2.05) is 20.8 Å². The minimum atomic E-state index is -0.575. The standard InChI is InChI=1S/C23H25ClFNO5/c1-23(2,3)21-13-26(22(27)31-21)20-12-16(30-14-29-10-9-28-4)6-8-18(20)17-7-5-15(24)11-19(17)25/h5-8,11-13H,9-10,14H2,1-4H3. The number of halogens is 2. The molecule has 1 heterocycles. The van der Waals surface area contributed by atoms with Crippen LogP contribution < -0.4 is 10.5 Å². The first kappa shape index (κ1) is 23.1. The molecule has 0 spiro atoms. The highest BCUT2D eigenvalue weighted by Crippen LogP contribution is 2.33. The maximum absolute atomic E-state index is 14.7. The number of hydrogen-bond donors (Lipinski definition) is 0. The molecule has 0 saturated carbocycles. The molecular formula is C23H25ClFNO5. The van der Waals surface area contributed by atoms with E-state index in [9.17, 15) is 9.18 Å². The molecule has 2 aromatic carbocycles. The summed E-state index contributed by atoms with van der Waals surface area (Å²) >= 11 is 5.91. The number of oxazole rings is 1. The van der Waals surface area contributed by atoms with Crippen molar-refractivity contribution < 1.29 is 23.0 Å². The highest BCUT2D eigenvalue weighted by molar-refractivity contribution is 6.30. The van der Waals surface area contributed by atoms with E-state index in [1.54, 1.807) is 43.6 Å². The first-order valence-electron chi connectivity index (χ1n) is 9.73. The van der Waals surface area contributed by atoms with E-state index in [0.717, 1.165) is 0 Å². The average Bonchev–Trinajstić information content (AvgIpc) is 3.10. The lowest BCUT2D eigenvalue weighted by molar-refractivity contribution is -0.00846. The SMILES string of the molecule is COCCOCOc1ccc(-c2ccc(Cl)cc2F)c(-n2cc(C(C)(C)C)oc2=O)c1. The van der Waals surface area contributed by atoms with Crippen LogP contribution in [0.4, 0.5) is 4.39 Å². The average molecular weight is 450 g/mol. The fraction of sp³-hybridized carbons (Fsp3) is 0.348. The molecule has 1 aromatic heterocycles. The third-order valence-electron chi connectivity index (χ3n) is 4.57. The fourth-order valence-electron chi connectivity index (χ4n) is 2.90. The Morgan fingerprint density at radius 1 is 1.10 bits per heavy atom. The van der Waals surface area contributed by atoms with Crippen LogP contribution in [0.3, 0.4) is 0 Å². The second kappa shape index (κ2) is 9.68. The molecule has 0 N–H and O–H groups in total. The molecule has 3 aromatic rings. The van der Waals surface area contributed by atoms with Gasteiger partial charge < -0.3 is 18.6 Å². The van der Waals surface area contributed by atoms with Gasteiger partial charge in [0.25, 0.3) is 0 Å². The molecule has 0 aliphatic heterocycles. The maximum atomic E-state index is 14.7. The van der Waals surface area contributed by atoms with Crippen LogP contribution in [-0.4, -0.2) is 31.7 Å².